The van der Waals surface area contributed by atoms with Gasteiger partial charge in [0.2, 0.25) is 0 Å². The number of aromatic amines is 1. The number of nitrogens with one attached hydrogen (secondary N) is 1. The van der Waals surface area contributed by atoms with E-state index in [0.29, 0.717) is 17.6 Å². The summed E-state index contributed by atoms with van der Waals surface area (Å²) in [5.41, 5.74) is 5.13. The van der Waals surface area contributed by atoms with Crippen LogP contribution in [-0.4, -0.2) is 35.4 Å². The largest absolute Gasteiger partial charge is 0.494 e. The van der Waals surface area contributed by atoms with E-state index in [-0.39, 0.29) is 13.2 Å². The molecule has 5 nitrogen and oxygen atoms in total. The maximum Gasteiger partial charge on any atom is 0.171 e. The highest BCUT2D eigenvalue weighted by Crippen LogP contribution is 2.37. The molecule has 2 aromatic heterocycles. The zero-order valence-corrected chi connectivity index (χ0v) is 22.2. The van der Waals surface area contributed by atoms with Crippen LogP contribution in [0.1, 0.15) is 86.0 Å². The number of ketones is 1. The van der Waals surface area contributed by atoms with Crippen LogP contribution in [0.3, 0.4) is 0 Å². The number of carbonyl (C=O) groups excluding carboxylic acids is 1. The normalized spacial score (nSPS) is 14.8. The molecule has 1 saturated heterocycles. The fraction of sp³-hybridized carbons (Fsp3) is 0.533. The summed E-state index contributed by atoms with van der Waals surface area (Å²) in [6.45, 7) is 19.3. The third-order valence-corrected chi connectivity index (χ3v) is 6.15. The van der Waals surface area contributed by atoms with Gasteiger partial charge in [-0.25, -0.2) is 4.98 Å². The van der Waals surface area contributed by atoms with E-state index >= 15 is 0 Å². The molecule has 0 radical (unpaired) electrons. The molecule has 4 rings (SSSR count). The third-order valence-electron chi connectivity index (χ3n) is 6.15. The van der Waals surface area contributed by atoms with E-state index in [9.17, 15) is 4.79 Å². The van der Waals surface area contributed by atoms with Gasteiger partial charge in [-0.2, -0.15) is 0 Å². The molecule has 1 aliphatic heterocycles. The first-order chi connectivity index (χ1) is 16.1. The molecule has 35 heavy (non-hydrogen) atoms. The fourth-order valence-electron chi connectivity index (χ4n) is 4.29. The second-order valence-electron chi connectivity index (χ2n) is 10.8. The lowest BCUT2D eigenvalue weighted by Gasteiger charge is -2.23. The zero-order chi connectivity index (χ0) is 25.1. The number of Topliss-reactive ketones (excluding diaryl/α,β-unsaturated/α-hetero) is 1. The Morgan fingerprint density at radius 2 is 1.89 bits per heavy atom. The van der Waals surface area contributed by atoms with Gasteiger partial charge in [-0.3, -0.25) is 4.79 Å². The van der Waals surface area contributed by atoms with Gasteiger partial charge >= 0.3 is 0 Å². The van der Waals surface area contributed by atoms with Crippen LogP contribution < -0.4 is 9.64 Å². The van der Waals surface area contributed by atoms with Crippen molar-refractivity contribution in [3.8, 4) is 17.0 Å². The topological polar surface area (TPSA) is 58.2 Å². The van der Waals surface area contributed by atoms with Gasteiger partial charge in [-0.15, -0.1) is 0 Å². The monoisotopic (exact) mass is 479 g/mol. The molecule has 5 heteroatoms. The van der Waals surface area contributed by atoms with E-state index in [1.54, 1.807) is 6.20 Å². The second kappa shape index (κ2) is 11.3. The molecule has 1 aliphatic rings. The fourth-order valence-corrected chi connectivity index (χ4v) is 4.29. The second-order valence-corrected chi connectivity index (χ2v) is 10.8. The number of ether oxygens (including phenoxy) is 1. The van der Waals surface area contributed by atoms with Crippen LogP contribution in [0.25, 0.3) is 22.3 Å². The molecule has 1 fully saturated rings. The summed E-state index contributed by atoms with van der Waals surface area (Å²) in [5, 5.41) is 0. The number of H-pyrrole nitrogens is 1. The van der Waals surface area contributed by atoms with E-state index in [1.165, 1.54) is 12.1 Å². The smallest absolute Gasteiger partial charge is 0.171 e. The summed E-state index contributed by atoms with van der Waals surface area (Å²) in [5.74, 6) is 0.958. The molecule has 192 valence electrons. The standard InChI is InChI=1S/C27H35N3O2.C2H6.CH4/c1-7-12-32-20-14-18(13-19(15-20)30-11-10-27(5,6)17-30)22-8-9-23-24(29-22)21(16-28-23)25(31)26(2,3)4;1-2;/h8-9,13-16,28H,7,10-12,17H2,1-6H3;1-2H3;1H4. The summed E-state index contributed by atoms with van der Waals surface area (Å²) in [6.07, 6.45) is 3.92. The molecular weight excluding hydrogens is 434 g/mol. The molecule has 0 atom stereocenters. The minimum absolute atomic E-state index is 0. The average molecular weight is 480 g/mol. The molecular formula is C30H45N3O2. The van der Waals surface area contributed by atoms with Crippen LogP contribution in [-0.2, 0) is 0 Å². The molecule has 0 saturated carbocycles. The van der Waals surface area contributed by atoms with E-state index in [4.69, 9.17) is 9.72 Å². The highest BCUT2D eigenvalue weighted by molar-refractivity contribution is 6.09. The Hall–Kier alpha value is -2.82. The van der Waals surface area contributed by atoms with Gasteiger partial charge in [-0.1, -0.05) is 62.8 Å². The zero-order valence-electron chi connectivity index (χ0n) is 22.2. The Morgan fingerprint density at radius 3 is 2.49 bits per heavy atom. The number of carbonyl (C=O) groups is 1. The number of nitrogens with zero attached hydrogens (tertiary/aromatic N) is 2. The number of benzene rings is 1. The van der Waals surface area contributed by atoms with Crippen LogP contribution in [0.4, 0.5) is 5.69 Å². The van der Waals surface area contributed by atoms with E-state index in [2.05, 4.69) is 48.9 Å². The lowest BCUT2D eigenvalue weighted by molar-refractivity contribution is 0.0860. The number of aromatic nitrogens is 2. The van der Waals surface area contributed by atoms with Crippen LogP contribution in [0.15, 0.2) is 36.5 Å². The van der Waals surface area contributed by atoms with Crippen LogP contribution in [0.5, 0.6) is 5.75 Å². The maximum absolute atomic E-state index is 13.0. The first kappa shape index (κ1) is 28.4. The molecule has 0 unspecified atom stereocenters. The molecule has 0 spiro atoms. The molecule has 1 N–H and O–H groups in total. The predicted octanol–water partition coefficient (Wildman–Crippen LogP) is 8.15. The Balaban J connectivity index is 0.00000140. The third kappa shape index (κ3) is 6.45. The van der Waals surface area contributed by atoms with Crippen molar-refractivity contribution < 1.29 is 9.53 Å². The van der Waals surface area contributed by atoms with Crippen LogP contribution >= 0.6 is 0 Å². The Morgan fingerprint density at radius 1 is 1.17 bits per heavy atom. The molecule has 0 amide bonds. The molecule has 3 heterocycles. The van der Waals surface area contributed by atoms with Gasteiger partial charge < -0.3 is 14.6 Å². The van der Waals surface area contributed by atoms with Crippen molar-refractivity contribution in [3.05, 3.63) is 42.1 Å². The van der Waals surface area contributed by atoms with Crippen molar-refractivity contribution in [3.63, 3.8) is 0 Å². The molecule has 1 aromatic carbocycles. The van der Waals surface area contributed by atoms with Crippen LogP contribution in [0, 0.1) is 10.8 Å². The SMILES string of the molecule is C.CC.CCCOc1cc(-c2ccc3[nH]cc(C(=O)C(C)(C)C)c3n2)cc(N2CCC(C)(C)C2)c1. The van der Waals surface area contributed by atoms with Crippen LogP contribution in [0.2, 0.25) is 0 Å². The first-order valence-corrected chi connectivity index (χ1v) is 12.6. The van der Waals surface area contributed by atoms with E-state index in [1.807, 2.05) is 46.8 Å². The highest BCUT2D eigenvalue weighted by atomic mass is 16.5. The lowest BCUT2D eigenvalue weighted by Crippen LogP contribution is -2.22. The van der Waals surface area contributed by atoms with Crippen molar-refractivity contribution >= 4 is 22.5 Å². The van der Waals surface area contributed by atoms with Crippen molar-refractivity contribution in [1.29, 1.82) is 0 Å². The van der Waals surface area contributed by atoms with Gasteiger partial charge in [0.1, 0.15) is 5.75 Å². The summed E-state index contributed by atoms with van der Waals surface area (Å²) < 4.78 is 6.03. The first-order valence-electron chi connectivity index (χ1n) is 12.6. The molecule has 3 aromatic rings. The lowest BCUT2D eigenvalue weighted by atomic mass is 9.87. The Bertz CT molecular complexity index is 1140. The van der Waals surface area contributed by atoms with Gasteiger partial charge in [0.25, 0.3) is 0 Å². The number of pyridine rings is 1. The summed E-state index contributed by atoms with van der Waals surface area (Å²) in [6, 6.07) is 10.4. The van der Waals surface area contributed by atoms with Gasteiger partial charge in [0, 0.05) is 42.0 Å². The predicted molar refractivity (Wildman–Crippen MR) is 150 cm³/mol. The highest BCUT2D eigenvalue weighted by Gasteiger charge is 2.30. The summed E-state index contributed by atoms with van der Waals surface area (Å²) in [4.78, 5) is 23.5. The number of hydrogen-bond acceptors (Lipinski definition) is 4. The Kier molecular flexibility index (Phi) is 9.16. The minimum atomic E-state index is -0.462. The number of fused-ring (bicyclic) bond motifs is 1. The molecule has 0 bridgehead atoms. The van der Waals surface area contributed by atoms with E-state index in [0.717, 1.165) is 47.6 Å². The van der Waals surface area contributed by atoms with Crippen molar-refractivity contribution in [1.82, 2.24) is 9.97 Å². The van der Waals surface area contributed by atoms with Crippen molar-refractivity contribution in [2.24, 2.45) is 10.8 Å². The minimum Gasteiger partial charge on any atom is -0.494 e. The molecule has 0 aliphatic carbocycles. The Labute approximate surface area is 212 Å². The quantitative estimate of drug-likeness (QED) is 0.362. The van der Waals surface area contributed by atoms with Gasteiger partial charge in [0.15, 0.2) is 5.78 Å². The summed E-state index contributed by atoms with van der Waals surface area (Å²) >= 11 is 0. The number of rotatable bonds is 6. The average Bonchev–Trinajstić information content (AvgIpc) is 3.40. The van der Waals surface area contributed by atoms with Gasteiger partial charge in [-0.05, 0) is 42.5 Å². The van der Waals surface area contributed by atoms with Gasteiger partial charge in [0.05, 0.1) is 28.9 Å². The number of hydrogen-bond donors (Lipinski definition) is 1. The van der Waals surface area contributed by atoms with E-state index < -0.39 is 5.41 Å². The number of anilines is 1. The summed E-state index contributed by atoms with van der Waals surface area (Å²) in [7, 11) is 0. The van der Waals surface area contributed by atoms with Crippen molar-refractivity contribution in [2.45, 2.75) is 75.7 Å². The maximum atomic E-state index is 13.0. The van der Waals surface area contributed by atoms with Crippen molar-refractivity contribution in [2.75, 3.05) is 24.6 Å².